The number of para-hydroxylation sites is 1. The van der Waals surface area contributed by atoms with Crippen LogP contribution in [0.15, 0.2) is 66.1 Å². The molecule has 0 fully saturated rings. The summed E-state index contributed by atoms with van der Waals surface area (Å²) in [6.45, 7) is 0. The van der Waals surface area contributed by atoms with E-state index >= 15 is 0 Å². The van der Waals surface area contributed by atoms with Gasteiger partial charge in [-0.15, -0.1) is 5.10 Å². The first kappa shape index (κ1) is 14.3. The van der Waals surface area contributed by atoms with Crippen molar-refractivity contribution in [3.63, 3.8) is 0 Å². The van der Waals surface area contributed by atoms with Gasteiger partial charge in [0.05, 0.1) is 10.6 Å². The number of thioether (sulfide) groups is 1. The van der Waals surface area contributed by atoms with Gasteiger partial charge in [0.2, 0.25) is 5.16 Å². The maximum atomic E-state index is 10.8. The number of hydrogen-bond acceptors (Lipinski definition) is 5. The lowest BCUT2D eigenvalue weighted by Gasteiger charge is -1.99. The summed E-state index contributed by atoms with van der Waals surface area (Å²) in [6, 6.07) is 16.3. The molecular weight excluding hydrogens is 300 g/mol. The monoisotopic (exact) mass is 312 g/mol. The lowest BCUT2D eigenvalue weighted by Crippen LogP contribution is -1.93. The Morgan fingerprint density at radius 1 is 1.14 bits per heavy atom. The van der Waals surface area contributed by atoms with E-state index in [9.17, 15) is 10.1 Å². The second kappa shape index (κ2) is 6.40. The van der Waals surface area contributed by atoms with Gasteiger partial charge in [-0.3, -0.25) is 10.1 Å². The maximum absolute atomic E-state index is 10.8. The van der Waals surface area contributed by atoms with Crippen LogP contribution in [0.2, 0.25) is 0 Å². The van der Waals surface area contributed by atoms with Crippen LogP contribution < -0.4 is 0 Å². The highest BCUT2D eigenvalue weighted by molar-refractivity contribution is 7.98. The summed E-state index contributed by atoms with van der Waals surface area (Å²) in [4.78, 5) is 14.6. The van der Waals surface area contributed by atoms with Gasteiger partial charge in [-0.2, -0.15) is 0 Å². The lowest BCUT2D eigenvalue weighted by atomic mass is 10.2. The molecule has 0 atom stereocenters. The first-order chi connectivity index (χ1) is 10.7. The largest absolute Gasteiger partial charge is 0.269 e. The average Bonchev–Trinajstić information content (AvgIpc) is 3.03. The molecule has 3 aromatic rings. The number of hydrogen-bond donors (Lipinski definition) is 0. The third kappa shape index (κ3) is 3.32. The minimum Gasteiger partial charge on any atom is -0.258 e. The predicted octanol–water partition coefficient (Wildman–Crippen LogP) is 3.47. The van der Waals surface area contributed by atoms with Crippen molar-refractivity contribution in [3.8, 4) is 5.69 Å². The fraction of sp³-hybridized carbons (Fsp3) is 0.0667. The van der Waals surface area contributed by atoms with Gasteiger partial charge in [0.15, 0.2) is 0 Å². The van der Waals surface area contributed by atoms with Crippen LogP contribution in [0.3, 0.4) is 0 Å². The molecule has 22 heavy (non-hydrogen) atoms. The molecule has 0 aliphatic rings. The summed E-state index contributed by atoms with van der Waals surface area (Å²) in [7, 11) is 0. The van der Waals surface area contributed by atoms with Crippen LogP contribution in [-0.2, 0) is 5.75 Å². The lowest BCUT2D eigenvalue weighted by molar-refractivity contribution is -0.384. The van der Waals surface area contributed by atoms with E-state index in [4.69, 9.17) is 0 Å². The zero-order valence-electron chi connectivity index (χ0n) is 11.5. The number of aromatic nitrogens is 3. The van der Waals surface area contributed by atoms with Gasteiger partial charge in [-0.05, 0) is 17.7 Å². The minimum atomic E-state index is -0.392. The third-order valence-corrected chi connectivity index (χ3v) is 3.90. The molecule has 0 aliphatic carbocycles. The van der Waals surface area contributed by atoms with Crippen LogP contribution in [0.4, 0.5) is 5.69 Å². The number of benzene rings is 2. The van der Waals surface area contributed by atoms with E-state index in [2.05, 4.69) is 10.1 Å². The molecule has 1 aromatic heterocycles. The molecule has 0 saturated heterocycles. The smallest absolute Gasteiger partial charge is 0.258 e. The molecule has 7 heteroatoms. The summed E-state index contributed by atoms with van der Waals surface area (Å²) in [5.41, 5.74) is 1.91. The second-order valence-corrected chi connectivity index (χ2v) is 5.47. The van der Waals surface area contributed by atoms with Crippen molar-refractivity contribution < 1.29 is 4.92 Å². The Hall–Kier alpha value is -2.67. The Kier molecular flexibility index (Phi) is 4.15. The Morgan fingerprint density at radius 2 is 1.95 bits per heavy atom. The Bertz CT molecular complexity index is 789. The van der Waals surface area contributed by atoms with Crippen molar-refractivity contribution in [2.24, 2.45) is 0 Å². The van der Waals surface area contributed by atoms with Crippen LogP contribution >= 0.6 is 11.8 Å². The van der Waals surface area contributed by atoms with Gasteiger partial charge in [0.1, 0.15) is 6.33 Å². The van der Waals surface area contributed by atoms with Crippen molar-refractivity contribution in [2.75, 3.05) is 0 Å². The van der Waals surface area contributed by atoms with Gasteiger partial charge in [-0.25, -0.2) is 9.67 Å². The molecule has 1 heterocycles. The standard InChI is InChI=1S/C15H12N4O2S/c20-19(21)14-8-4-5-12(9-14)10-22-15-16-11-18(17-15)13-6-2-1-3-7-13/h1-9,11H,10H2. The molecule has 3 rings (SSSR count). The summed E-state index contributed by atoms with van der Waals surface area (Å²) < 4.78 is 1.70. The maximum Gasteiger partial charge on any atom is 0.269 e. The molecule has 2 aromatic carbocycles. The van der Waals surface area contributed by atoms with Crippen LogP contribution in [-0.4, -0.2) is 19.7 Å². The van der Waals surface area contributed by atoms with E-state index in [-0.39, 0.29) is 5.69 Å². The molecule has 0 aliphatic heterocycles. The zero-order valence-corrected chi connectivity index (χ0v) is 12.3. The van der Waals surface area contributed by atoms with E-state index < -0.39 is 4.92 Å². The highest BCUT2D eigenvalue weighted by Crippen LogP contribution is 2.22. The SMILES string of the molecule is O=[N+]([O-])c1cccc(CSc2ncn(-c3ccccc3)n2)c1. The summed E-state index contributed by atoms with van der Waals surface area (Å²) in [5.74, 6) is 0.584. The molecule has 0 spiro atoms. The molecule has 0 saturated carbocycles. The van der Waals surface area contributed by atoms with Crippen LogP contribution in [0.25, 0.3) is 5.69 Å². The van der Waals surface area contributed by atoms with E-state index in [1.165, 1.54) is 17.8 Å². The second-order valence-electron chi connectivity index (χ2n) is 4.52. The minimum absolute atomic E-state index is 0.0980. The van der Waals surface area contributed by atoms with E-state index in [0.29, 0.717) is 10.9 Å². The van der Waals surface area contributed by atoms with Crippen molar-refractivity contribution in [1.82, 2.24) is 14.8 Å². The number of nitro groups is 1. The molecule has 0 unspecified atom stereocenters. The predicted molar refractivity (Wildman–Crippen MR) is 84.0 cm³/mol. The highest BCUT2D eigenvalue weighted by atomic mass is 32.2. The Morgan fingerprint density at radius 3 is 2.73 bits per heavy atom. The molecule has 110 valence electrons. The fourth-order valence-corrected chi connectivity index (χ4v) is 2.67. The molecule has 0 bridgehead atoms. The fourth-order valence-electron chi connectivity index (χ4n) is 1.93. The van der Waals surface area contributed by atoms with Gasteiger partial charge >= 0.3 is 0 Å². The van der Waals surface area contributed by atoms with Crippen molar-refractivity contribution in [3.05, 3.63) is 76.6 Å². The first-order valence-corrected chi connectivity index (χ1v) is 7.54. The van der Waals surface area contributed by atoms with Crippen molar-refractivity contribution in [1.29, 1.82) is 0 Å². The highest BCUT2D eigenvalue weighted by Gasteiger charge is 2.08. The molecule has 0 amide bonds. The summed E-state index contributed by atoms with van der Waals surface area (Å²) in [5, 5.41) is 15.8. The number of nitro benzene ring substituents is 1. The Balaban J connectivity index is 1.69. The Labute approximate surface area is 131 Å². The zero-order chi connectivity index (χ0) is 15.4. The summed E-state index contributed by atoms with van der Waals surface area (Å²) >= 11 is 1.44. The van der Waals surface area contributed by atoms with Crippen LogP contribution in [0.1, 0.15) is 5.56 Å². The van der Waals surface area contributed by atoms with Crippen LogP contribution in [0, 0.1) is 10.1 Å². The molecule has 0 radical (unpaired) electrons. The average molecular weight is 312 g/mol. The van der Waals surface area contributed by atoms with Gasteiger partial charge in [-0.1, -0.05) is 42.1 Å². The van der Waals surface area contributed by atoms with Gasteiger partial charge < -0.3 is 0 Å². The van der Waals surface area contributed by atoms with Crippen molar-refractivity contribution in [2.45, 2.75) is 10.9 Å². The van der Waals surface area contributed by atoms with E-state index in [1.807, 2.05) is 36.4 Å². The van der Waals surface area contributed by atoms with Crippen LogP contribution in [0.5, 0.6) is 0 Å². The first-order valence-electron chi connectivity index (χ1n) is 6.55. The summed E-state index contributed by atoms with van der Waals surface area (Å²) in [6.07, 6.45) is 1.66. The van der Waals surface area contributed by atoms with E-state index in [0.717, 1.165) is 11.3 Å². The molecule has 6 nitrogen and oxygen atoms in total. The van der Waals surface area contributed by atoms with Crippen molar-refractivity contribution >= 4 is 17.4 Å². The number of rotatable bonds is 5. The third-order valence-electron chi connectivity index (χ3n) is 2.98. The van der Waals surface area contributed by atoms with E-state index in [1.54, 1.807) is 23.1 Å². The van der Waals surface area contributed by atoms with Gasteiger partial charge in [0.25, 0.3) is 5.69 Å². The molecular formula is C15H12N4O2S. The normalized spacial score (nSPS) is 10.5. The molecule has 0 N–H and O–H groups in total. The number of nitrogens with zero attached hydrogens (tertiary/aromatic N) is 4. The number of non-ortho nitro benzene ring substituents is 1. The quantitative estimate of drug-likeness (QED) is 0.410. The van der Waals surface area contributed by atoms with Gasteiger partial charge in [0, 0.05) is 17.9 Å². The topological polar surface area (TPSA) is 73.8 Å².